The second-order valence-corrected chi connectivity index (χ2v) is 4.42. The summed E-state index contributed by atoms with van der Waals surface area (Å²) in [5.41, 5.74) is -0.125. The number of benzene rings is 1. The van der Waals surface area contributed by atoms with Crippen molar-refractivity contribution in [1.82, 2.24) is 0 Å². The summed E-state index contributed by atoms with van der Waals surface area (Å²) in [5.74, 6) is 0.675. The lowest BCUT2D eigenvalue weighted by Crippen LogP contribution is -2.33. The number of halogens is 1. The molecule has 1 aromatic rings. The Balaban J connectivity index is 2.40. The highest BCUT2D eigenvalue weighted by Gasteiger charge is 2.34. The van der Waals surface area contributed by atoms with E-state index >= 15 is 0 Å². The van der Waals surface area contributed by atoms with Crippen LogP contribution in [0.1, 0.15) is 18.4 Å². The van der Waals surface area contributed by atoms with Crippen LogP contribution in [0.15, 0.2) is 18.2 Å². The van der Waals surface area contributed by atoms with E-state index in [1.165, 1.54) is 0 Å². The van der Waals surface area contributed by atoms with Gasteiger partial charge in [-0.3, -0.25) is 0 Å². The highest BCUT2D eigenvalue weighted by atomic mass is 35.5. The van der Waals surface area contributed by atoms with E-state index in [2.05, 4.69) is 0 Å². The lowest BCUT2D eigenvalue weighted by Gasteiger charge is -2.33. The summed E-state index contributed by atoms with van der Waals surface area (Å²) < 4.78 is 10.5. The summed E-state index contributed by atoms with van der Waals surface area (Å²) in [6.45, 7) is 1.12. The number of rotatable bonds is 2. The molecule has 1 heterocycles. The predicted molar refractivity (Wildman–Crippen MR) is 62.0 cm³/mol. The van der Waals surface area contributed by atoms with Gasteiger partial charge >= 0.3 is 0 Å². The van der Waals surface area contributed by atoms with Gasteiger partial charge in [0.1, 0.15) is 5.75 Å². The van der Waals surface area contributed by atoms with Crippen molar-refractivity contribution in [3.05, 3.63) is 28.8 Å². The van der Waals surface area contributed by atoms with E-state index in [0.29, 0.717) is 36.8 Å². The van der Waals surface area contributed by atoms with Gasteiger partial charge in [-0.1, -0.05) is 11.6 Å². The van der Waals surface area contributed by atoms with Gasteiger partial charge in [0.2, 0.25) is 0 Å². The first kappa shape index (κ1) is 11.7. The number of ether oxygens (including phenoxy) is 2. The molecule has 1 N–H and O–H groups in total. The zero-order valence-corrected chi connectivity index (χ0v) is 9.96. The van der Waals surface area contributed by atoms with Crippen LogP contribution in [0.2, 0.25) is 5.02 Å². The quantitative estimate of drug-likeness (QED) is 0.865. The normalized spacial score (nSPS) is 19.4. The van der Waals surface area contributed by atoms with E-state index in [4.69, 9.17) is 21.1 Å². The topological polar surface area (TPSA) is 38.7 Å². The predicted octanol–water partition coefficient (Wildman–Crippen LogP) is 2.35. The van der Waals surface area contributed by atoms with Gasteiger partial charge in [-0.2, -0.15) is 0 Å². The molecule has 0 spiro atoms. The van der Waals surface area contributed by atoms with Crippen molar-refractivity contribution in [3.63, 3.8) is 0 Å². The SMILES string of the molecule is COc1ccc(Cl)cc1C1(O)CCOCC1. The van der Waals surface area contributed by atoms with Crippen LogP contribution in [-0.4, -0.2) is 25.4 Å². The number of hydrogen-bond acceptors (Lipinski definition) is 3. The van der Waals surface area contributed by atoms with Crippen LogP contribution < -0.4 is 4.74 Å². The highest BCUT2D eigenvalue weighted by molar-refractivity contribution is 6.30. The highest BCUT2D eigenvalue weighted by Crippen LogP contribution is 2.38. The molecule has 0 atom stereocenters. The molecule has 88 valence electrons. The van der Waals surface area contributed by atoms with Crippen LogP contribution in [0.3, 0.4) is 0 Å². The molecule has 1 fully saturated rings. The summed E-state index contributed by atoms with van der Waals surface area (Å²) in [4.78, 5) is 0. The minimum Gasteiger partial charge on any atom is -0.496 e. The number of hydrogen-bond donors (Lipinski definition) is 1. The molecule has 0 aromatic heterocycles. The fourth-order valence-corrected chi connectivity index (χ4v) is 2.19. The average Bonchev–Trinajstić information content (AvgIpc) is 2.30. The first-order valence-corrected chi connectivity index (χ1v) is 5.68. The van der Waals surface area contributed by atoms with Gasteiger partial charge in [0.05, 0.1) is 12.7 Å². The second kappa shape index (κ2) is 4.62. The van der Waals surface area contributed by atoms with E-state index in [1.807, 2.05) is 0 Å². The Bertz CT molecular complexity index is 373. The molecule has 2 rings (SSSR count). The first-order valence-electron chi connectivity index (χ1n) is 5.30. The monoisotopic (exact) mass is 242 g/mol. The molecule has 1 aromatic carbocycles. The Morgan fingerprint density at radius 1 is 1.38 bits per heavy atom. The summed E-state index contributed by atoms with van der Waals surface area (Å²) in [7, 11) is 1.59. The van der Waals surface area contributed by atoms with Gasteiger partial charge in [-0.05, 0) is 18.2 Å². The van der Waals surface area contributed by atoms with Crippen molar-refractivity contribution in [2.45, 2.75) is 18.4 Å². The fourth-order valence-electron chi connectivity index (χ4n) is 2.02. The zero-order valence-electron chi connectivity index (χ0n) is 9.20. The van der Waals surface area contributed by atoms with Crippen molar-refractivity contribution < 1.29 is 14.6 Å². The third-order valence-corrected chi connectivity index (χ3v) is 3.22. The molecule has 0 bridgehead atoms. The summed E-state index contributed by atoms with van der Waals surface area (Å²) in [5, 5.41) is 11.2. The molecular formula is C12H15ClO3. The van der Waals surface area contributed by atoms with E-state index in [1.54, 1.807) is 25.3 Å². The third-order valence-electron chi connectivity index (χ3n) is 2.98. The number of aliphatic hydroxyl groups is 1. The van der Waals surface area contributed by atoms with Crippen LogP contribution in [0, 0.1) is 0 Å². The molecule has 1 aliphatic rings. The maximum Gasteiger partial charge on any atom is 0.125 e. The standard InChI is InChI=1S/C12H15ClO3/c1-15-11-3-2-9(13)8-10(11)12(14)4-6-16-7-5-12/h2-3,8,14H,4-7H2,1H3. The summed E-state index contributed by atoms with van der Waals surface area (Å²) in [6, 6.07) is 5.31. The van der Waals surface area contributed by atoms with Gasteiger partial charge in [0, 0.05) is 36.6 Å². The van der Waals surface area contributed by atoms with Crippen LogP contribution in [0.4, 0.5) is 0 Å². The van der Waals surface area contributed by atoms with Crippen molar-refractivity contribution in [2.75, 3.05) is 20.3 Å². The maximum atomic E-state index is 10.6. The maximum absolute atomic E-state index is 10.6. The lowest BCUT2D eigenvalue weighted by molar-refractivity contribution is -0.0689. The molecule has 0 saturated carbocycles. The van der Waals surface area contributed by atoms with Crippen molar-refractivity contribution in [2.24, 2.45) is 0 Å². The molecule has 16 heavy (non-hydrogen) atoms. The molecular weight excluding hydrogens is 228 g/mol. The Morgan fingerprint density at radius 2 is 2.06 bits per heavy atom. The van der Waals surface area contributed by atoms with E-state index < -0.39 is 5.60 Å². The van der Waals surface area contributed by atoms with Crippen LogP contribution in [0.25, 0.3) is 0 Å². The molecule has 1 saturated heterocycles. The number of methoxy groups -OCH3 is 1. The van der Waals surface area contributed by atoms with Gasteiger partial charge in [-0.25, -0.2) is 0 Å². The molecule has 4 heteroatoms. The Hall–Kier alpha value is -0.770. The molecule has 0 radical (unpaired) electrons. The molecule has 0 unspecified atom stereocenters. The van der Waals surface area contributed by atoms with Crippen LogP contribution >= 0.6 is 11.6 Å². The average molecular weight is 243 g/mol. The fraction of sp³-hybridized carbons (Fsp3) is 0.500. The minimum absolute atomic E-state index is 0.562. The van der Waals surface area contributed by atoms with E-state index in [9.17, 15) is 5.11 Å². The van der Waals surface area contributed by atoms with Crippen LogP contribution in [-0.2, 0) is 10.3 Å². The molecule has 0 amide bonds. The van der Waals surface area contributed by atoms with Gasteiger partial charge < -0.3 is 14.6 Å². The van der Waals surface area contributed by atoms with Crippen molar-refractivity contribution in [1.29, 1.82) is 0 Å². The third kappa shape index (κ3) is 2.17. The van der Waals surface area contributed by atoms with Crippen LogP contribution in [0.5, 0.6) is 5.75 Å². The molecule has 1 aliphatic heterocycles. The van der Waals surface area contributed by atoms with Gasteiger partial charge in [0.25, 0.3) is 0 Å². The Labute approximate surface area is 99.9 Å². The minimum atomic E-state index is -0.880. The Morgan fingerprint density at radius 3 is 2.69 bits per heavy atom. The first-order chi connectivity index (χ1) is 7.65. The summed E-state index contributed by atoms with van der Waals surface area (Å²) >= 11 is 5.96. The molecule has 3 nitrogen and oxygen atoms in total. The van der Waals surface area contributed by atoms with Gasteiger partial charge in [0.15, 0.2) is 0 Å². The largest absolute Gasteiger partial charge is 0.496 e. The van der Waals surface area contributed by atoms with E-state index in [-0.39, 0.29) is 0 Å². The summed E-state index contributed by atoms with van der Waals surface area (Å²) in [6.07, 6.45) is 1.15. The van der Waals surface area contributed by atoms with E-state index in [0.717, 1.165) is 5.56 Å². The lowest BCUT2D eigenvalue weighted by atomic mass is 9.86. The van der Waals surface area contributed by atoms with Crippen molar-refractivity contribution >= 4 is 11.6 Å². The molecule has 0 aliphatic carbocycles. The van der Waals surface area contributed by atoms with Crippen molar-refractivity contribution in [3.8, 4) is 5.75 Å². The second-order valence-electron chi connectivity index (χ2n) is 3.99. The Kier molecular flexibility index (Phi) is 3.38. The van der Waals surface area contributed by atoms with Gasteiger partial charge in [-0.15, -0.1) is 0 Å². The zero-order chi connectivity index (χ0) is 11.6. The smallest absolute Gasteiger partial charge is 0.125 e.